The highest BCUT2D eigenvalue weighted by Crippen LogP contribution is 2.51. The number of thiophene rings is 1. The molecule has 174 valence electrons. The van der Waals surface area contributed by atoms with E-state index >= 15 is 0 Å². The number of nitrogens with zero attached hydrogens (tertiary/aromatic N) is 4. The van der Waals surface area contributed by atoms with Gasteiger partial charge in [0.25, 0.3) is 0 Å². The number of carbonyl (C=O) groups is 1. The van der Waals surface area contributed by atoms with Crippen LogP contribution in [-0.4, -0.2) is 56.1 Å². The zero-order valence-corrected chi connectivity index (χ0v) is 20.2. The van der Waals surface area contributed by atoms with Gasteiger partial charge in [-0.2, -0.15) is 0 Å². The van der Waals surface area contributed by atoms with E-state index in [9.17, 15) is 9.90 Å². The molecule has 2 aromatic heterocycles. The molecule has 5 atom stereocenters. The van der Waals surface area contributed by atoms with Gasteiger partial charge in [-0.05, 0) is 33.3 Å². The largest absolute Gasteiger partial charge is 0.386 e. The van der Waals surface area contributed by atoms with Gasteiger partial charge in [0.2, 0.25) is 5.91 Å². The number of rotatable bonds is 4. The Morgan fingerprint density at radius 1 is 1.44 bits per heavy atom. The summed E-state index contributed by atoms with van der Waals surface area (Å²) >= 11 is 7.82. The van der Waals surface area contributed by atoms with Crippen LogP contribution in [0.1, 0.15) is 68.3 Å². The molecular weight excluding hydrogens is 450 g/mol. The van der Waals surface area contributed by atoms with Gasteiger partial charge in [-0.25, -0.2) is 0 Å². The van der Waals surface area contributed by atoms with Gasteiger partial charge in [-0.15, -0.1) is 16.4 Å². The van der Waals surface area contributed by atoms with Gasteiger partial charge in [0, 0.05) is 54.4 Å². The standard InChI is InChI=1S/C22H30ClN5O3S/c1-12(2)28-9-14(4-20(28)30)8-27-10-17(25-26-27)16-7-22(6-13(3)24-16)21-15(5-19(23)32-21)18(29)11-31-22/h5,10,12-14,16,18,24,29H,4,6-9,11H2,1-3H3/t13-,14?,16-,18+,22-/m0/s1. The van der Waals surface area contributed by atoms with Crippen molar-refractivity contribution >= 4 is 28.8 Å². The van der Waals surface area contributed by atoms with Crippen LogP contribution in [0.5, 0.6) is 0 Å². The number of carbonyl (C=O) groups excluding carboxylic acids is 1. The molecule has 1 unspecified atom stereocenters. The Labute approximate surface area is 196 Å². The summed E-state index contributed by atoms with van der Waals surface area (Å²) < 4.78 is 8.84. The molecule has 2 saturated heterocycles. The van der Waals surface area contributed by atoms with Crippen molar-refractivity contribution in [3.05, 3.63) is 32.7 Å². The zero-order valence-electron chi connectivity index (χ0n) is 18.6. The van der Waals surface area contributed by atoms with Gasteiger partial charge in [0.05, 0.1) is 28.9 Å². The van der Waals surface area contributed by atoms with Crippen molar-refractivity contribution in [2.24, 2.45) is 5.92 Å². The van der Waals surface area contributed by atoms with E-state index in [1.807, 2.05) is 21.8 Å². The topological polar surface area (TPSA) is 92.5 Å². The fourth-order valence-corrected chi connectivity index (χ4v) is 6.94. The number of halogens is 1. The van der Waals surface area contributed by atoms with Crippen molar-refractivity contribution in [1.82, 2.24) is 25.2 Å². The number of fused-ring (bicyclic) bond motifs is 2. The number of aromatic nitrogens is 3. The van der Waals surface area contributed by atoms with Gasteiger partial charge >= 0.3 is 0 Å². The Morgan fingerprint density at radius 2 is 2.25 bits per heavy atom. The summed E-state index contributed by atoms with van der Waals surface area (Å²) in [5.41, 5.74) is 1.28. The van der Waals surface area contributed by atoms with E-state index < -0.39 is 11.7 Å². The second-order valence-electron chi connectivity index (χ2n) is 9.76. The van der Waals surface area contributed by atoms with Crippen LogP contribution in [0.2, 0.25) is 4.34 Å². The van der Waals surface area contributed by atoms with E-state index in [4.69, 9.17) is 16.3 Å². The molecule has 0 saturated carbocycles. The first-order valence-electron chi connectivity index (χ1n) is 11.3. The minimum atomic E-state index is -0.636. The van der Waals surface area contributed by atoms with Crippen molar-refractivity contribution in [2.45, 2.75) is 76.4 Å². The number of amides is 1. The quantitative estimate of drug-likeness (QED) is 0.700. The monoisotopic (exact) mass is 479 g/mol. The predicted molar refractivity (Wildman–Crippen MR) is 121 cm³/mol. The van der Waals surface area contributed by atoms with Crippen molar-refractivity contribution in [2.75, 3.05) is 13.2 Å². The van der Waals surface area contributed by atoms with Crippen molar-refractivity contribution in [3.8, 4) is 0 Å². The second-order valence-corrected chi connectivity index (χ2v) is 11.4. The minimum Gasteiger partial charge on any atom is -0.386 e. The van der Waals surface area contributed by atoms with Gasteiger partial charge in [-0.1, -0.05) is 16.8 Å². The highest BCUT2D eigenvalue weighted by atomic mass is 35.5. The van der Waals surface area contributed by atoms with Gasteiger partial charge < -0.3 is 20.1 Å². The van der Waals surface area contributed by atoms with Gasteiger partial charge in [0.15, 0.2) is 0 Å². The molecule has 0 bridgehead atoms. The van der Waals surface area contributed by atoms with Crippen molar-refractivity contribution in [1.29, 1.82) is 0 Å². The molecular formula is C22H30ClN5O3S. The van der Waals surface area contributed by atoms with Crippen LogP contribution >= 0.6 is 22.9 Å². The lowest BCUT2D eigenvalue weighted by atomic mass is 9.79. The summed E-state index contributed by atoms with van der Waals surface area (Å²) in [6, 6.07) is 2.29. The van der Waals surface area contributed by atoms with Crippen molar-refractivity contribution < 1.29 is 14.6 Å². The summed E-state index contributed by atoms with van der Waals surface area (Å²) in [5.74, 6) is 0.472. The maximum Gasteiger partial charge on any atom is 0.223 e. The average molecular weight is 480 g/mol. The van der Waals surface area contributed by atoms with Crippen LogP contribution in [-0.2, 0) is 21.7 Å². The molecule has 2 N–H and O–H groups in total. The van der Waals surface area contributed by atoms with Crippen LogP contribution in [0.25, 0.3) is 0 Å². The third-order valence-electron chi connectivity index (χ3n) is 6.90. The summed E-state index contributed by atoms with van der Waals surface area (Å²) in [6.45, 7) is 7.98. The highest BCUT2D eigenvalue weighted by Gasteiger charge is 2.48. The second kappa shape index (κ2) is 8.36. The molecule has 0 aromatic carbocycles. The molecule has 2 aromatic rings. The Morgan fingerprint density at radius 3 is 3.00 bits per heavy atom. The normalized spacial score (nSPS) is 32.8. The Bertz CT molecular complexity index is 1010. The smallest absolute Gasteiger partial charge is 0.223 e. The molecule has 1 spiro atoms. The van der Waals surface area contributed by atoms with Crippen molar-refractivity contribution in [3.63, 3.8) is 0 Å². The predicted octanol–water partition coefficient (Wildman–Crippen LogP) is 3.02. The molecule has 0 radical (unpaired) electrons. The summed E-state index contributed by atoms with van der Waals surface area (Å²) in [7, 11) is 0. The Hall–Kier alpha value is -1.52. The molecule has 3 aliphatic rings. The SMILES string of the molecule is CC(C)N1CC(Cn2cc([C@@H]3C[C@]4(C[C@H](C)N3)OC[C@@H](O)c3cc(Cl)sc34)nn2)CC1=O. The summed E-state index contributed by atoms with van der Waals surface area (Å²) in [4.78, 5) is 15.2. The lowest BCUT2D eigenvalue weighted by Crippen LogP contribution is -2.50. The maximum absolute atomic E-state index is 12.2. The minimum absolute atomic E-state index is 0.0196. The maximum atomic E-state index is 12.2. The zero-order chi connectivity index (χ0) is 22.6. The van der Waals surface area contributed by atoms with E-state index in [1.54, 1.807) is 0 Å². The first kappa shape index (κ1) is 22.3. The lowest BCUT2D eigenvalue weighted by Gasteiger charge is -2.46. The third-order valence-corrected chi connectivity index (χ3v) is 8.36. The fraction of sp³-hybridized carbons (Fsp3) is 0.682. The van der Waals surface area contributed by atoms with E-state index in [0.717, 1.165) is 29.1 Å². The third kappa shape index (κ3) is 3.98. The van der Waals surface area contributed by atoms with Gasteiger partial charge in [-0.3, -0.25) is 9.48 Å². The first-order chi connectivity index (χ1) is 15.2. The summed E-state index contributed by atoms with van der Waals surface area (Å²) in [6.07, 6.45) is 3.43. The first-order valence-corrected chi connectivity index (χ1v) is 12.5. The number of nitrogens with one attached hydrogen (secondary N) is 1. The number of aliphatic hydroxyl groups excluding tert-OH is 1. The van der Waals surface area contributed by atoms with Crippen LogP contribution < -0.4 is 5.32 Å². The summed E-state index contributed by atoms with van der Waals surface area (Å²) in [5, 5.41) is 22.9. The fourth-order valence-electron chi connectivity index (χ4n) is 5.49. The molecule has 0 aliphatic carbocycles. The number of hydrogen-bond donors (Lipinski definition) is 2. The highest BCUT2D eigenvalue weighted by molar-refractivity contribution is 7.16. The average Bonchev–Trinajstić information content (AvgIpc) is 3.44. The molecule has 2 fully saturated rings. The van der Waals surface area contributed by atoms with Crippen LogP contribution in [0, 0.1) is 5.92 Å². The number of aliphatic hydroxyl groups is 1. The molecule has 5 heterocycles. The molecule has 32 heavy (non-hydrogen) atoms. The molecule has 5 rings (SSSR count). The number of ether oxygens (including phenoxy) is 1. The lowest BCUT2D eigenvalue weighted by molar-refractivity contribution is -0.129. The molecule has 8 nitrogen and oxygen atoms in total. The van der Waals surface area contributed by atoms with E-state index in [-0.39, 0.29) is 36.6 Å². The van der Waals surface area contributed by atoms with Crippen LogP contribution in [0.3, 0.4) is 0 Å². The Balaban J connectivity index is 1.34. The van der Waals surface area contributed by atoms with E-state index in [2.05, 4.69) is 36.4 Å². The Kier molecular flexibility index (Phi) is 5.82. The van der Waals surface area contributed by atoms with Crippen LogP contribution in [0.15, 0.2) is 12.3 Å². The number of likely N-dealkylation sites (tertiary alicyclic amines) is 1. The number of piperidine rings is 1. The molecule has 1 amide bonds. The van der Waals surface area contributed by atoms with E-state index in [0.29, 0.717) is 23.7 Å². The molecule has 3 aliphatic heterocycles. The molecule has 10 heteroatoms. The van der Waals surface area contributed by atoms with Crippen LogP contribution in [0.4, 0.5) is 0 Å². The van der Waals surface area contributed by atoms with E-state index in [1.165, 1.54) is 11.3 Å². The van der Waals surface area contributed by atoms with Gasteiger partial charge in [0.1, 0.15) is 11.7 Å². The number of hydrogen-bond acceptors (Lipinski definition) is 7.